The lowest BCUT2D eigenvalue weighted by atomic mass is 9.81. The first-order valence-corrected chi connectivity index (χ1v) is 10.2. The molecule has 1 aromatic carbocycles. The molecule has 0 spiro atoms. The molecule has 3 aliphatic rings. The lowest BCUT2D eigenvalue weighted by Gasteiger charge is -2.31. The second-order valence-corrected chi connectivity index (χ2v) is 8.27. The highest BCUT2D eigenvalue weighted by Crippen LogP contribution is 2.48. The average molecular weight is 371 g/mol. The number of likely N-dealkylation sites (tertiary alicyclic amines) is 1. The number of carboxylic acid groups (broad SMARTS) is 1. The fourth-order valence-corrected chi connectivity index (χ4v) is 5.18. The molecule has 0 aromatic heterocycles. The van der Waals surface area contributed by atoms with E-state index in [0.717, 1.165) is 31.5 Å². The molecule has 2 amide bonds. The van der Waals surface area contributed by atoms with Gasteiger partial charge in [-0.1, -0.05) is 24.6 Å². The van der Waals surface area contributed by atoms with E-state index in [1.54, 1.807) is 4.90 Å². The molecule has 2 heterocycles. The molecule has 27 heavy (non-hydrogen) atoms. The van der Waals surface area contributed by atoms with Crippen LogP contribution in [0.25, 0.3) is 0 Å². The number of benzene rings is 1. The lowest BCUT2D eigenvalue weighted by molar-refractivity contribution is -0.149. The van der Waals surface area contributed by atoms with Crippen molar-refractivity contribution >= 4 is 17.7 Å². The van der Waals surface area contributed by atoms with Gasteiger partial charge in [0.2, 0.25) is 0 Å². The van der Waals surface area contributed by atoms with Gasteiger partial charge in [0.25, 0.3) is 0 Å². The van der Waals surface area contributed by atoms with E-state index in [1.807, 2.05) is 12.1 Å². The van der Waals surface area contributed by atoms with Crippen LogP contribution >= 0.6 is 0 Å². The van der Waals surface area contributed by atoms with E-state index in [2.05, 4.69) is 22.3 Å². The number of anilines is 1. The summed E-state index contributed by atoms with van der Waals surface area (Å²) in [4.78, 5) is 28.6. The highest BCUT2D eigenvalue weighted by atomic mass is 16.4. The highest BCUT2D eigenvalue weighted by molar-refractivity contribution is 5.80. The molecule has 0 radical (unpaired) electrons. The van der Waals surface area contributed by atoms with Gasteiger partial charge in [-0.2, -0.15) is 0 Å². The van der Waals surface area contributed by atoms with Crippen molar-refractivity contribution in [1.82, 2.24) is 10.2 Å². The Morgan fingerprint density at radius 2 is 1.93 bits per heavy atom. The predicted molar refractivity (Wildman–Crippen MR) is 104 cm³/mol. The van der Waals surface area contributed by atoms with Crippen LogP contribution in [0.2, 0.25) is 0 Å². The molecule has 3 fully saturated rings. The molecule has 2 saturated heterocycles. The maximum Gasteiger partial charge on any atom is 0.317 e. The van der Waals surface area contributed by atoms with Gasteiger partial charge in [-0.3, -0.25) is 4.79 Å². The number of aliphatic carboxylic acids is 1. The van der Waals surface area contributed by atoms with Crippen molar-refractivity contribution in [3.05, 3.63) is 29.8 Å². The fraction of sp³-hybridized carbons (Fsp3) is 0.619. The lowest BCUT2D eigenvalue weighted by Crippen LogP contribution is -2.41. The van der Waals surface area contributed by atoms with Gasteiger partial charge < -0.3 is 20.2 Å². The summed E-state index contributed by atoms with van der Waals surface area (Å²) < 4.78 is 0. The summed E-state index contributed by atoms with van der Waals surface area (Å²) in [6.45, 7) is 3.52. The first-order valence-electron chi connectivity index (χ1n) is 10.2. The van der Waals surface area contributed by atoms with Crippen molar-refractivity contribution in [2.24, 2.45) is 11.3 Å². The number of hydrogen-bond acceptors (Lipinski definition) is 3. The van der Waals surface area contributed by atoms with Crippen LogP contribution < -0.4 is 10.2 Å². The third kappa shape index (κ3) is 3.37. The van der Waals surface area contributed by atoms with Crippen molar-refractivity contribution in [1.29, 1.82) is 0 Å². The zero-order valence-electron chi connectivity index (χ0n) is 15.8. The monoisotopic (exact) mass is 371 g/mol. The summed E-state index contributed by atoms with van der Waals surface area (Å²) in [5, 5.41) is 12.7. The van der Waals surface area contributed by atoms with Gasteiger partial charge in [-0.25, -0.2) is 4.79 Å². The molecule has 2 atom stereocenters. The molecule has 2 aliphatic heterocycles. The quantitative estimate of drug-likeness (QED) is 0.853. The topological polar surface area (TPSA) is 72.9 Å². The molecule has 0 bridgehead atoms. The minimum absolute atomic E-state index is 0.0985. The number of amides is 2. The van der Waals surface area contributed by atoms with Crippen molar-refractivity contribution < 1.29 is 14.7 Å². The van der Waals surface area contributed by atoms with Crippen LogP contribution in [-0.4, -0.2) is 48.2 Å². The SMILES string of the molecule is O=C(NCc1ccccc1N1CCCCC1)N1C[C@@H]2CCC[C@@]2(C(=O)O)C1. The second-order valence-electron chi connectivity index (χ2n) is 8.27. The van der Waals surface area contributed by atoms with E-state index in [1.165, 1.54) is 24.9 Å². The minimum atomic E-state index is -0.740. The normalized spacial score (nSPS) is 27.5. The summed E-state index contributed by atoms with van der Waals surface area (Å²) in [7, 11) is 0. The number of piperidine rings is 1. The number of hydrogen-bond donors (Lipinski definition) is 2. The summed E-state index contributed by atoms with van der Waals surface area (Å²) in [5.74, 6) is -0.642. The van der Waals surface area contributed by atoms with Gasteiger partial charge >= 0.3 is 12.0 Å². The smallest absolute Gasteiger partial charge is 0.317 e. The maximum absolute atomic E-state index is 12.7. The van der Waals surface area contributed by atoms with E-state index in [4.69, 9.17) is 0 Å². The first kappa shape index (κ1) is 18.1. The molecule has 1 saturated carbocycles. The first-order chi connectivity index (χ1) is 13.1. The third-order valence-electron chi connectivity index (χ3n) is 6.70. The molecule has 1 aromatic rings. The molecular weight excluding hydrogens is 342 g/mol. The number of urea groups is 1. The van der Waals surface area contributed by atoms with Crippen LogP contribution in [0.1, 0.15) is 44.1 Å². The Hall–Kier alpha value is -2.24. The molecule has 6 heteroatoms. The number of fused-ring (bicyclic) bond motifs is 1. The number of rotatable bonds is 4. The zero-order chi connectivity index (χ0) is 18.9. The molecule has 4 rings (SSSR count). The van der Waals surface area contributed by atoms with E-state index in [0.29, 0.717) is 26.1 Å². The Bertz CT molecular complexity index is 716. The Balaban J connectivity index is 1.40. The van der Waals surface area contributed by atoms with Crippen LogP contribution in [-0.2, 0) is 11.3 Å². The summed E-state index contributed by atoms with van der Waals surface area (Å²) in [6.07, 6.45) is 6.27. The molecule has 0 unspecified atom stereocenters. The number of para-hydroxylation sites is 1. The Morgan fingerprint density at radius 3 is 2.67 bits per heavy atom. The third-order valence-corrected chi connectivity index (χ3v) is 6.70. The summed E-state index contributed by atoms with van der Waals surface area (Å²) in [6, 6.07) is 8.12. The van der Waals surface area contributed by atoms with E-state index < -0.39 is 11.4 Å². The standard InChI is InChI=1S/C21H29N3O3/c25-19(26)21-10-6-8-17(21)14-24(15-21)20(27)22-13-16-7-2-3-9-18(16)23-11-4-1-5-12-23/h2-3,7,9,17H,1,4-6,8,10-15H2,(H,22,27)(H,25,26)/t17-,21+/m0/s1. The fourth-order valence-electron chi connectivity index (χ4n) is 5.18. The second kappa shape index (κ2) is 7.41. The minimum Gasteiger partial charge on any atom is -0.481 e. The molecular formula is C21H29N3O3. The van der Waals surface area contributed by atoms with Crippen molar-refractivity contribution in [2.45, 2.75) is 45.1 Å². The summed E-state index contributed by atoms with van der Waals surface area (Å²) >= 11 is 0. The van der Waals surface area contributed by atoms with E-state index in [9.17, 15) is 14.7 Å². The van der Waals surface area contributed by atoms with Crippen LogP contribution in [0.3, 0.4) is 0 Å². The van der Waals surface area contributed by atoms with Crippen LogP contribution in [0.4, 0.5) is 10.5 Å². The van der Waals surface area contributed by atoms with Gasteiger partial charge in [0, 0.05) is 38.4 Å². The number of carbonyl (C=O) groups is 2. The number of carboxylic acids is 1. The van der Waals surface area contributed by atoms with Gasteiger partial charge in [0.1, 0.15) is 0 Å². The number of carbonyl (C=O) groups excluding carboxylic acids is 1. The zero-order valence-corrected chi connectivity index (χ0v) is 15.8. The Kier molecular flexibility index (Phi) is 4.98. The van der Waals surface area contributed by atoms with Gasteiger partial charge in [-0.05, 0) is 49.7 Å². The largest absolute Gasteiger partial charge is 0.481 e. The van der Waals surface area contributed by atoms with Crippen molar-refractivity contribution in [3.63, 3.8) is 0 Å². The van der Waals surface area contributed by atoms with Gasteiger partial charge in [0.15, 0.2) is 0 Å². The highest BCUT2D eigenvalue weighted by Gasteiger charge is 2.55. The molecule has 2 N–H and O–H groups in total. The van der Waals surface area contributed by atoms with Crippen LogP contribution in [0.5, 0.6) is 0 Å². The van der Waals surface area contributed by atoms with Crippen LogP contribution in [0.15, 0.2) is 24.3 Å². The van der Waals surface area contributed by atoms with Gasteiger partial charge in [-0.15, -0.1) is 0 Å². The Morgan fingerprint density at radius 1 is 1.15 bits per heavy atom. The van der Waals surface area contributed by atoms with Crippen molar-refractivity contribution in [3.8, 4) is 0 Å². The summed E-state index contributed by atoms with van der Waals surface area (Å²) in [5.41, 5.74) is 1.61. The van der Waals surface area contributed by atoms with E-state index in [-0.39, 0.29) is 11.9 Å². The van der Waals surface area contributed by atoms with Crippen LogP contribution in [0, 0.1) is 11.3 Å². The number of nitrogens with one attached hydrogen (secondary N) is 1. The predicted octanol–water partition coefficient (Wildman–Crippen LogP) is 3.07. The average Bonchev–Trinajstić information content (AvgIpc) is 3.26. The number of nitrogens with zero attached hydrogens (tertiary/aromatic N) is 2. The molecule has 146 valence electrons. The van der Waals surface area contributed by atoms with E-state index >= 15 is 0 Å². The maximum atomic E-state index is 12.7. The van der Waals surface area contributed by atoms with Crippen molar-refractivity contribution in [2.75, 3.05) is 31.1 Å². The van der Waals surface area contributed by atoms with Gasteiger partial charge in [0.05, 0.1) is 5.41 Å². The molecule has 1 aliphatic carbocycles. The molecule has 6 nitrogen and oxygen atoms in total. The Labute approximate surface area is 160 Å².